The van der Waals surface area contributed by atoms with Crippen molar-refractivity contribution in [3.8, 4) is 0 Å². The molecule has 0 amide bonds. The van der Waals surface area contributed by atoms with Crippen LogP contribution in [0.25, 0.3) is 0 Å². The summed E-state index contributed by atoms with van der Waals surface area (Å²) in [4.78, 5) is 0. The molecule has 1 aliphatic carbocycles. The van der Waals surface area contributed by atoms with Crippen molar-refractivity contribution >= 4 is 11.8 Å². The molecule has 0 aromatic rings. The van der Waals surface area contributed by atoms with E-state index in [1.807, 2.05) is 0 Å². The monoisotopic (exact) mass is 271 g/mol. The fourth-order valence-corrected chi connectivity index (χ4v) is 4.04. The van der Waals surface area contributed by atoms with Gasteiger partial charge in [0.15, 0.2) is 0 Å². The van der Waals surface area contributed by atoms with E-state index in [1.54, 1.807) is 0 Å². The van der Waals surface area contributed by atoms with E-state index < -0.39 is 0 Å². The molecule has 1 aliphatic rings. The number of rotatable bonds is 8. The fourth-order valence-electron chi connectivity index (χ4n) is 3.06. The van der Waals surface area contributed by atoms with Crippen LogP contribution in [0.5, 0.6) is 0 Å². The Morgan fingerprint density at radius 1 is 1.22 bits per heavy atom. The van der Waals surface area contributed by atoms with Gasteiger partial charge in [0.1, 0.15) is 0 Å². The van der Waals surface area contributed by atoms with E-state index >= 15 is 0 Å². The smallest absolute Gasteiger partial charge is 0.0186 e. The first-order valence-electron chi connectivity index (χ1n) is 8.02. The molecule has 0 saturated heterocycles. The molecule has 0 aliphatic heterocycles. The average molecular weight is 272 g/mol. The van der Waals surface area contributed by atoms with Crippen LogP contribution in [0.1, 0.15) is 66.2 Å². The first-order valence-corrected chi connectivity index (χ1v) is 9.07. The second-order valence-electron chi connectivity index (χ2n) is 6.14. The van der Waals surface area contributed by atoms with E-state index in [0.29, 0.717) is 0 Å². The van der Waals surface area contributed by atoms with Gasteiger partial charge in [0.05, 0.1) is 0 Å². The van der Waals surface area contributed by atoms with Crippen molar-refractivity contribution in [1.29, 1.82) is 0 Å². The first kappa shape index (κ1) is 16.4. The summed E-state index contributed by atoms with van der Waals surface area (Å²) >= 11 is 2.13. The number of nitrogens with one attached hydrogen (secondary N) is 1. The van der Waals surface area contributed by atoms with Crippen molar-refractivity contribution in [1.82, 2.24) is 5.32 Å². The fraction of sp³-hybridized carbons (Fsp3) is 1.00. The van der Waals surface area contributed by atoms with Crippen LogP contribution in [-0.2, 0) is 0 Å². The molecule has 0 heterocycles. The number of thioether (sulfide) groups is 1. The topological polar surface area (TPSA) is 12.0 Å². The van der Waals surface area contributed by atoms with Gasteiger partial charge < -0.3 is 5.32 Å². The molecule has 0 aromatic carbocycles. The first-order chi connectivity index (χ1) is 8.67. The standard InChI is InChI=1S/C16H33NS/c1-5-10-17-16(12-18-13(3)4)15-9-7-8-14(6-2)11-15/h13-17H,5-12H2,1-4H3. The Kier molecular flexibility index (Phi) is 8.41. The van der Waals surface area contributed by atoms with Crippen LogP contribution in [0, 0.1) is 11.8 Å². The van der Waals surface area contributed by atoms with Gasteiger partial charge in [-0.1, -0.05) is 47.0 Å². The third-order valence-electron chi connectivity index (χ3n) is 4.24. The lowest BCUT2D eigenvalue weighted by atomic mass is 9.77. The summed E-state index contributed by atoms with van der Waals surface area (Å²) in [6.07, 6.45) is 8.50. The minimum absolute atomic E-state index is 0.756. The van der Waals surface area contributed by atoms with E-state index in [-0.39, 0.29) is 0 Å². The van der Waals surface area contributed by atoms with Gasteiger partial charge in [-0.2, -0.15) is 11.8 Å². The van der Waals surface area contributed by atoms with E-state index in [4.69, 9.17) is 0 Å². The summed E-state index contributed by atoms with van der Waals surface area (Å²) in [5.74, 6) is 3.24. The van der Waals surface area contributed by atoms with Crippen molar-refractivity contribution in [2.24, 2.45) is 11.8 Å². The van der Waals surface area contributed by atoms with Crippen LogP contribution < -0.4 is 5.32 Å². The van der Waals surface area contributed by atoms with Crippen LogP contribution in [-0.4, -0.2) is 23.6 Å². The Morgan fingerprint density at radius 3 is 2.61 bits per heavy atom. The van der Waals surface area contributed by atoms with Crippen molar-refractivity contribution in [2.75, 3.05) is 12.3 Å². The van der Waals surface area contributed by atoms with E-state index in [1.165, 1.54) is 50.8 Å². The minimum atomic E-state index is 0.756. The van der Waals surface area contributed by atoms with Gasteiger partial charge in [-0.3, -0.25) is 0 Å². The largest absolute Gasteiger partial charge is 0.313 e. The van der Waals surface area contributed by atoms with Crippen molar-refractivity contribution < 1.29 is 0 Å². The van der Waals surface area contributed by atoms with E-state index in [2.05, 4.69) is 44.8 Å². The molecule has 0 aromatic heterocycles. The molecule has 3 atom stereocenters. The van der Waals surface area contributed by atoms with Crippen LogP contribution >= 0.6 is 11.8 Å². The molecule has 108 valence electrons. The third-order valence-corrected chi connectivity index (χ3v) is 5.45. The number of hydrogen-bond donors (Lipinski definition) is 1. The zero-order valence-electron chi connectivity index (χ0n) is 12.9. The predicted octanol–water partition coefficient (Wildman–Crippen LogP) is 4.71. The van der Waals surface area contributed by atoms with Crippen molar-refractivity contribution in [3.05, 3.63) is 0 Å². The second-order valence-corrected chi connectivity index (χ2v) is 7.75. The lowest BCUT2D eigenvalue weighted by molar-refractivity contribution is 0.218. The summed E-state index contributed by atoms with van der Waals surface area (Å²) in [6, 6.07) is 0.756. The average Bonchev–Trinajstić information content (AvgIpc) is 2.38. The lowest BCUT2D eigenvalue weighted by Crippen LogP contribution is -2.41. The maximum absolute atomic E-state index is 3.82. The quantitative estimate of drug-likeness (QED) is 0.686. The van der Waals surface area contributed by atoms with Gasteiger partial charge in [-0.05, 0) is 42.9 Å². The number of hydrogen-bond acceptors (Lipinski definition) is 2. The highest BCUT2D eigenvalue weighted by atomic mass is 32.2. The highest BCUT2D eigenvalue weighted by Gasteiger charge is 2.27. The molecule has 3 unspecified atom stereocenters. The molecule has 0 spiro atoms. The highest BCUT2D eigenvalue weighted by molar-refractivity contribution is 7.99. The van der Waals surface area contributed by atoms with Gasteiger partial charge in [0.2, 0.25) is 0 Å². The maximum Gasteiger partial charge on any atom is 0.0186 e. The van der Waals surface area contributed by atoms with E-state index in [0.717, 1.165) is 23.1 Å². The zero-order valence-corrected chi connectivity index (χ0v) is 13.7. The summed E-state index contributed by atoms with van der Waals surface area (Å²) in [5.41, 5.74) is 0. The van der Waals surface area contributed by atoms with Gasteiger partial charge in [-0.15, -0.1) is 0 Å². The summed E-state index contributed by atoms with van der Waals surface area (Å²) in [7, 11) is 0. The van der Waals surface area contributed by atoms with Crippen LogP contribution in [0.4, 0.5) is 0 Å². The van der Waals surface area contributed by atoms with Gasteiger partial charge in [0.25, 0.3) is 0 Å². The Morgan fingerprint density at radius 2 is 2.00 bits per heavy atom. The predicted molar refractivity (Wildman–Crippen MR) is 85.4 cm³/mol. The van der Waals surface area contributed by atoms with Crippen LogP contribution in [0.15, 0.2) is 0 Å². The Balaban J connectivity index is 2.45. The highest BCUT2D eigenvalue weighted by Crippen LogP contribution is 2.34. The maximum atomic E-state index is 3.82. The second kappa shape index (κ2) is 9.25. The Labute approximate surface area is 119 Å². The summed E-state index contributed by atoms with van der Waals surface area (Å²) in [6.45, 7) is 10.5. The molecule has 1 nitrogen and oxygen atoms in total. The molecule has 2 heteroatoms. The molecule has 0 bridgehead atoms. The molecule has 1 fully saturated rings. The van der Waals surface area contributed by atoms with Crippen LogP contribution in [0.2, 0.25) is 0 Å². The molecule has 1 N–H and O–H groups in total. The molecule has 0 radical (unpaired) electrons. The van der Waals surface area contributed by atoms with Crippen LogP contribution in [0.3, 0.4) is 0 Å². The molecule has 1 saturated carbocycles. The summed E-state index contributed by atoms with van der Waals surface area (Å²) < 4.78 is 0. The third kappa shape index (κ3) is 5.97. The SMILES string of the molecule is CCCNC(CSC(C)C)C1CCCC(CC)C1. The van der Waals surface area contributed by atoms with Crippen molar-refractivity contribution in [2.45, 2.75) is 77.5 Å². The van der Waals surface area contributed by atoms with Gasteiger partial charge in [-0.25, -0.2) is 0 Å². The lowest BCUT2D eigenvalue weighted by Gasteiger charge is -2.35. The molecule has 1 rings (SSSR count). The Bertz CT molecular complexity index is 205. The van der Waals surface area contributed by atoms with Crippen molar-refractivity contribution in [3.63, 3.8) is 0 Å². The molecular formula is C16H33NS. The Hall–Kier alpha value is 0.310. The minimum Gasteiger partial charge on any atom is -0.313 e. The van der Waals surface area contributed by atoms with Gasteiger partial charge >= 0.3 is 0 Å². The normalized spacial score (nSPS) is 26.5. The van der Waals surface area contributed by atoms with Gasteiger partial charge in [0, 0.05) is 11.8 Å². The van der Waals surface area contributed by atoms with E-state index in [9.17, 15) is 0 Å². The molecule has 18 heavy (non-hydrogen) atoms. The molecular weight excluding hydrogens is 238 g/mol. The summed E-state index contributed by atoms with van der Waals surface area (Å²) in [5, 5.41) is 4.58. The zero-order chi connectivity index (χ0) is 13.4.